The molecule has 2 fully saturated rings. The third-order valence-corrected chi connectivity index (χ3v) is 4.64. The molecule has 1 aromatic rings. The van der Waals surface area contributed by atoms with Gasteiger partial charge in [-0.2, -0.15) is 0 Å². The molecule has 1 aliphatic carbocycles. The number of nitrogens with one attached hydrogen (secondary N) is 1. The van der Waals surface area contributed by atoms with Crippen LogP contribution in [0.4, 0.5) is 0 Å². The number of ether oxygens (including phenoxy) is 2. The molecule has 21 heavy (non-hydrogen) atoms. The van der Waals surface area contributed by atoms with Gasteiger partial charge < -0.3 is 14.8 Å². The Morgan fingerprint density at radius 1 is 1.29 bits per heavy atom. The summed E-state index contributed by atoms with van der Waals surface area (Å²) in [5.41, 5.74) is 1.31. The van der Waals surface area contributed by atoms with Crippen molar-refractivity contribution in [3.63, 3.8) is 0 Å². The highest BCUT2D eigenvalue weighted by Gasteiger charge is 2.38. The molecule has 2 aliphatic rings. The van der Waals surface area contributed by atoms with Crippen molar-refractivity contribution in [1.29, 1.82) is 0 Å². The van der Waals surface area contributed by atoms with E-state index in [0.717, 1.165) is 31.9 Å². The van der Waals surface area contributed by atoms with E-state index >= 15 is 0 Å². The molecular formula is C18H27NO2. The summed E-state index contributed by atoms with van der Waals surface area (Å²) in [6, 6.07) is 8.41. The molecular weight excluding hydrogens is 262 g/mol. The smallest absolute Gasteiger partial charge is 0.119 e. The summed E-state index contributed by atoms with van der Waals surface area (Å²) in [6.07, 6.45) is 7.54. The van der Waals surface area contributed by atoms with Gasteiger partial charge in [0.2, 0.25) is 0 Å². The molecule has 1 aromatic carbocycles. The predicted molar refractivity (Wildman–Crippen MR) is 84.7 cm³/mol. The van der Waals surface area contributed by atoms with Crippen molar-refractivity contribution in [2.24, 2.45) is 0 Å². The Bertz CT molecular complexity index is 449. The lowest BCUT2D eigenvalue weighted by atomic mass is 9.83. The lowest BCUT2D eigenvalue weighted by Gasteiger charge is -2.44. The van der Waals surface area contributed by atoms with Gasteiger partial charge in [0, 0.05) is 13.1 Å². The van der Waals surface area contributed by atoms with Gasteiger partial charge in [0.05, 0.1) is 18.3 Å². The summed E-state index contributed by atoms with van der Waals surface area (Å²) in [7, 11) is 0. The maximum atomic E-state index is 6.54. The Morgan fingerprint density at radius 3 is 2.95 bits per heavy atom. The number of rotatable bonds is 4. The molecule has 0 amide bonds. The van der Waals surface area contributed by atoms with Gasteiger partial charge in [-0.1, -0.05) is 38.3 Å². The minimum atomic E-state index is 0.0709. The average Bonchev–Trinajstić information content (AvgIpc) is 2.54. The molecule has 1 atom stereocenters. The highest BCUT2D eigenvalue weighted by Crippen LogP contribution is 2.38. The lowest BCUT2D eigenvalue weighted by Crippen LogP contribution is -2.51. The van der Waals surface area contributed by atoms with Crippen LogP contribution in [0, 0.1) is 0 Å². The second-order valence-corrected chi connectivity index (χ2v) is 6.40. The van der Waals surface area contributed by atoms with Crippen molar-refractivity contribution in [3.8, 4) is 5.75 Å². The fourth-order valence-corrected chi connectivity index (χ4v) is 3.52. The van der Waals surface area contributed by atoms with Gasteiger partial charge in [0.15, 0.2) is 0 Å². The largest absolute Gasteiger partial charge is 0.494 e. The molecule has 0 bridgehead atoms. The first-order chi connectivity index (χ1) is 10.3. The van der Waals surface area contributed by atoms with E-state index in [-0.39, 0.29) is 11.7 Å². The van der Waals surface area contributed by atoms with Crippen LogP contribution in [0.2, 0.25) is 0 Å². The second-order valence-electron chi connectivity index (χ2n) is 6.40. The Hall–Kier alpha value is -1.06. The van der Waals surface area contributed by atoms with Crippen molar-refractivity contribution in [2.45, 2.75) is 57.2 Å². The van der Waals surface area contributed by atoms with Crippen LogP contribution < -0.4 is 10.1 Å². The maximum absolute atomic E-state index is 6.54. The molecule has 1 spiro atoms. The van der Waals surface area contributed by atoms with Gasteiger partial charge >= 0.3 is 0 Å². The van der Waals surface area contributed by atoms with E-state index < -0.39 is 0 Å². The standard InChI is InChI=1S/C18H27NO2/c1-2-11-20-16-8-6-7-15(12-16)17-13-19-14-18(21-17)9-4-3-5-10-18/h6-8,12,17,19H,2-5,9-11,13-14H2,1H3. The van der Waals surface area contributed by atoms with Gasteiger partial charge in [-0.15, -0.1) is 0 Å². The van der Waals surface area contributed by atoms with Gasteiger partial charge in [0.25, 0.3) is 0 Å². The van der Waals surface area contributed by atoms with Crippen LogP contribution in [0.15, 0.2) is 24.3 Å². The fourth-order valence-electron chi connectivity index (χ4n) is 3.52. The molecule has 1 saturated carbocycles. The summed E-state index contributed by atoms with van der Waals surface area (Å²) in [5.74, 6) is 0.959. The second kappa shape index (κ2) is 6.80. The zero-order chi connectivity index (χ0) is 14.5. The average molecular weight is 289 g/mol. The highest BCUT2D eigenvalue weighted by atomic mass is 16.5. The quantitative estimate of drug-likeness (QED) is 0.913. The summed E-state index contributed by atoms with van der Waals surface area (Å²) >= 11 is 0. The minimum absolute atomic E-state index is 0.0709. The highest BCUT2D eigenvalue weighted by molar-refractivity contribution is 5.30. The minimum Gasteiger partial charge on any atom is -0.494 e. The van der Waals surface area contributed by atoms with Crippen molar-refractivity contribution in [3.05, 3.63) is 29.8 Å². The van der Waals surface area contributed by atoms with E-state index in [0.29, 0.717) is 0 Å². The van der Waals surface area contributed by atoms with Crippen molar-refractivity contribution < 1.29 is 9.47 Å². The van der Waals surface area contributed by atoms with E-state index in [4.69, 9.17) is 9.47 Å². The van der Waals surface area contributed by atoms with Crippen molar-refractivity contribution in [1.82, 2.24) is 5.32 Å². The summed E-state index contributed by atoms with van der Waals surface area (Å²) in [6.45, 7) is 4.82. The Kier molecular flexibility index (Phi) is 4.81. The molecule has 116 valence electrons. The van der Waals surface area contributed by atoms with Crippen molar-refractivity contribution >= 4 is 0 Å². The third-order valence-electron chi connectivity index (χ3n) is 4.64. The van der Waals surface area contributed by atoms with Crippen LogP contribution >= 0.6 is 0 Å². The van der Waals surface area contributed by atoms with Crippen molar-refractivity contribution in [2.75, 3.05) is 19.7 Å². The summed E-state index contributed by atoms with van der Waals surface area (Å²) < 4.78 is 12.3. The molecule has 1 aliphatic heterocycles. The zero-order valence-electron chi connectivity index (χ0n) is 13.1. The SMILES string of the molecule is CCCOc1cccc(C2CNCC3(CCCCC3)O2)c1. The Morgan fingerprint density at radius 2 is 2.14 bits per heavy atom. The van der Waals surface area contributed by atoms with Crippen LogP contribution in [-0.2, 0) is 4.74 Å². The van der Waals surface area contributed by atoms with Gasteiger partial charge in [-0.05, 0) is 37.0 Å². The van der Waals surface area contributed by atoms with Crippen LogP contribution in [0.5, 0.6) is 5.75 Å². The molecule has 3 nitrogen and oxygen atoms in total. The molecule has 1 heterocycles. The molecule has 3 heteroatoms. The van der Waals surface area contributed by atoms with Crippen LogP contribution in [0.1, 0.15) is 57.1 Å². The van der Waals surface area contributed by atoms with Gasteiger partial charge in [-0.3, -0.25) is 0 Å². The first-order valence-electron chi connectivity index (χ1n) is 8.43. The first kappa shape index (κ1) is 14.9. The van der Waals surface area contributed by atoms with Gasteiger partial charge in [-0.25, -0.2) is 0 Å². The predicted octanol–water partition coefficient (Wildman–Crippen LogP) is 3.84. The molecule has 1 saturated heterocycles. The van der Waals surface area contributed by atoms with Crippen LogP contribution in [0.3, 0.4) is 0 Å². The normalized spacial score (nSPS) is 24.9. The van der Waals surface area contributed by atoms with E-state index in [2.05, 4.69) is 30.4 Å². The van der Waals surface area contributed by atoms with E-state index in [1.54, 1.807) is 0 Å². The van der Waals surface area contributed by atoms with E-state index in [1.807, 2.05) is 6.07 Å². The summed E-state index contributed by atoms with van der Waals surface area (Å²) in [4.78, 5) is 0. The molecule has 1 unspecified atom stereocenters. The Labute approximate surface area is 128 Å². The number of benzene rings is 1. The van der Waals surface area contributed by atoms with Crippen LogP contribution in [0.25, 0.3) is 0 Å². The topological polar surface area (TPSA) is 30.5 Å². The van der Waals surface area contributed by atoms with E-state index in [1.165, 1.54) is 37.7 Å². The maximum Gasteiger partial charge on any atom is 0.119 e. The van der Waals surface area contributed by atoms with E-state index in [9.17, 15) is 0 Å². The first-order valence-corrected chi connectivity index (χ1v) is 8.43. The zero-order valence-corrected chi connectivity index (χ0v) is 13.1. The number of morpholine rings is 1. The van der Waals surface area contributed by atoms with Crippen LogP contribution in [-0.4, -0.2) is 25.3 Å². The molecule has 0 radical (unpaired) electrons. The molecule has 0 aromatic heterocycles. The molecule has 3 rings (SSSR count). The number of hydrogen-bond acceptors (Lipinski definition) is 3. The number of hydrogen-bond donors (Lipinski definition) is 1. The Balaban J connectivity index is 1.70. The fraction of sp³-hybridized carbons (Fsp3) is 0.667. The third kappa shape index (κ3) is 3.58. The summed E-state index contributed by atoms with van der Waals surface area (Å²) in [5, 5.41) is 3.59. The van der Waals surface area contributed by atoms with Gasteiger partial charge in [0.1, 0.15) is 5.75 Å². The monoisotopic (exact) mass is 289 g/mol. The lowest BCUT2D eigenvalue weighted by molar-refractivity contribution is -0.135. The molecule has 1 N–H and O–H groups in total.